The van der Waals surface area contributed by atoms with E-state index in [0.29, 0.717) is 23.3 Å². The summed E-state index contributed by atoms with van der Waals surface area (Å²) in [5.74, 6) is 0.717. The smallest absolute Gasteiger partial charge is 0.344 e. The minimum absolute atomic E-state index is 0.323. The minimum atomic E-state index is -0.323. The summed E-state index contributed by atoms with van der Waals surface area (Å²) in [5.41, 5.74) is 2.16. The zero-order valence-corrected chi connectivity index (χ0v) is 15.2. The zero-order chi connectivity index (χ0) is 17.4. The van der Waals surface area contributed by atoms with Crippen LogP contribution in [-0.2, 0) is 6.61 Å². The SMILES string of the molecule is Cc1c(OCc2ccc(Br)cc2)ccc2c1oc(=O)c1ccccc12. The Balaban J connectivity index is 1.76. The molecule has 0 amide bonds. The second-order valence-electron chi connectivity index (χ2n) is 5.92. The quantitative estimate of drug-likeness (QED) is 0.335. The Morgan fingerprint density at radius 1 is 0.920 bits per heavy atom. The zero-order valence-electron chi connectivity index (χ0n) is 13.6. The molecule has 4 heteroatoms. The van der Waals surface area contributed by atoms with Gasteiger partial charge in [-0.05, 0) is 48.2 Å². The molecule has 0 fully saturated rings. The van der Waals surface area contributed by atoms with E-state index < -0.39 is 0 Å². The Hall–Kier alpha value is -2.59. The molecule has 25 heavy (non-hydrogen) atoms. The van der Waals surface area contributed by atoms with Crippen molar-refractivity contribution in [1.82, 2.24) is 0 Å². The first-order chi connectivity index (χ1) is 12.1. The summed E-state index contributed by atoms with van der Waals surface area (Å²) in [5, 5.41) is 2.41. The molecule has 0 unspecified atom stereocenters. The number of hydrogen-bond donors (Lipinski definition) is 0. The molecule has 0 aliphatic heterocycles. The molecule has 0 bridgehead atoms. The lowest BCUT2D eigenvalue weighted by atomic mass is 10.0. The van der Waals surface area contributed by atoms with Crippen LogP contribution < -0.4 is 10.4 Å². The third-order valence-electron chi connectivity index (χ3n) is 4.30. The van der Waals surface area contributed by atoms with Gasteiger partial charge in [-0.3, -0.25) is 0 Å². The van der Waals surface area contributed by atoms with Crippen LogP contribution in [-0.4, -0.2) is 0 Å². The van der Waals surface area contributed by atoms with Crippen LogP contribution in [0.4, 0.5) is 0 Å². The maximum Gasteiger partial charge on any atom is 0.344 e. The van der Waals surface area contributed by atoms with E-state index in [1.165, 1.54) is 0 Å². The summed E-state index contributed by atoms with van der Waals surface area (Å²) in [6.45, 7) is 2.37. The number of rotatable bonds is 3. The molecule has 3 nitrogen and oxygen atoms in total. The van der Waals surface area contributed by atoms with Gasteiger partial charge in [0.25, 0.3) is 0 Å². The van der Waals surface area contributed by atoms with Crippen LogP contribution >= 0.6 is 15.9 Å². The van der Waals surface area contributed by atoms with Crippen LogP contribution in [0.5, 0.6) is 5.75 Å². The summed E-state index contributed by atoms with van der Waals surface area (Å²) >= 11 is 3.42. The highest BCUT2D eigenvalue weighted by molar-refractivity contribution is 9.10. The topological polar surface area (TPSA) is 39.4 Å². The van der Waals surface area contributed by atoms with Gasteiger partial charge in [-0.1, -0.05) is 46.3 Å². The van der Waals surface area contributed by atoms with E-state index in [1.54, 1.807) is 6.07 Å². The highest BCUT2D eigenvalue weighted by Gasteiger charge is 2.12. The van der Waals surface area contributed by atoms with Crippen molar-refractivity contribution in [1.29, 1.82) is 0 Å². The molecule has 0 spiro atoms. The van der Waals surface area contributed by atoms with Gasteiger partial charge in [-0.2, -0.15) is 0 Å². The Morgan fingerprint density at radius 3 is 2.40 bits per heavy atom. The van der Waals surface area contributed by atoms with Crippen molar-refractivity contribution in [2.24, 2.45) is 0 Å². The summed E-state index contributed by atoms with van der Waals surface area (Å²) in [4.78, 5) is 12.3. The molecule has 4 aromatic rings. The van der Waals surface area contributed by atoms with Crippen LogP contribution in [0.25, 0.3) is 21.7 Å². The molecule has 1 aromatic heterocycles. The molecule has 0 N–H and O–H groups in total. The van der Waals surface area contributed by atoms with Gasteiger partial charge in [0.1, 0.15) is 17.9 Å². The minimum Gasteiger partial charge on any atom is -0.488 e. The van der Waals surface area contributed by atoms with E-state index in [-0.39, 0.29) is 5.63 Å². The monoisotopic (exact) mass is 394 g/mol. The largest absolute Gasteiger partial charge is 0.488 e. The first kappa shape index (κ1) is 15.9. The lowest BCUT2D eigenvalue weighted by molar-refractivity contribution is 0.304. The average Bonchev–Trinajstić information content (AvgIpc) is 2.63. The van der Waals surface area contributed by atoms with Crippen LogP contribution in [0, 0.1) is 6.92 Å². The molecule has 0 atom stereocenters. The second-order valence-corrected chi connectivity index (χ2v) is 6.83. The fraction of sp³-hybridized carbons (Fsp3) is 0.0952. The maximum atomic E-state index is 12.3. The third-order valence-corrected chi connectivity index (χ3v) is 4.82. The number of benzene rings is 3. The number of ether oxygens (including phenoxy) is 1. The van der Waals surface area contributed by atoms with E-state index in [4.69, 9.17) is 9.15 Å². The van der Waals surface area contributed by atoms with Crippen molar-refractivity contribution < 1.29 is 9.15 Å². The second kappa shape index (κ2) is 6.37. The molecule has 0 aliphatic carbocycles. The van der Waals surface area contributed by atoms with E-state index in [9.17, 15) is 4.79 Å². The molecule has 124 valence electrons. The fourth-order valence-electron chi connectivity index (χ4n) is 2.96. The summed E-state index contributed by atoms with van der Waals surface area (Å²) in [6, 6.07) is 19.4. The van der Waals surface area contributed by atoms with Gasteiger partial charge < -0.3 is 9.15 Å². The van der Waals surface area contributed by atoms with Gasteiger partial charge in [0, 0.05) is 15.4 Å². The number of fused-ring (bicyclic) bond motifs is 3. The van der Waals surface area contributed by atoms with Crippen molar-refractivity contribution in [3.05, 3.63) is 86.7 Å². The molecule has 4 rings (SSSR count). The standard InChI is InChI=1S/C21H15BrO3/c1-13-19(24-12-14-6-8-15(22)9-7-14)11-10-17-16-4-2-3-5-18(16)21(23)25-20(13)17/h2-11H,12H2,1H3. The van der Waals surface area contributed by atoms with E-state index in [0.717, 1.165) is 26.4 Å². The van der Waals surface area contributed by atoms with Gasteiger partial charge >= 0.3 is 5.63 Å². The van der Waals surface area contributed by atoms with Crippen molar-refractivity contribution >= 4 is 37.7 Å². The van der Waals surface area contributed by atoms with Crippen LogP contribution in [0.3, 0.4) is 0 Å². The van der Waals surface area contributed by atoms with Gasteiger partial charge in [0.05, 0.1) is 5.39 Å². The van der Waals surface area contributed by atoms with Crippen molar-refractivity contribution in [3.8, 4) is 5.75 Å². The predicted molar refractivity (Wildman–Crippen MR) is 103 cm³/mol. The van der Waals surface area contributed by atoms with Crippen LogP contribution in [0.15, 0.2) is 74.3 Å². The molecular formula is C21H15BrO3. The molecule has 0 aliphatic rings. The Kier molecular flexibility index (Phi) is 4.06. The summed E-state index contributed by atoms with van der Waals surface area (Å²) in [6.07, 6.45) is 0. The van der Waals surface area contributed by atoms with E-state index in [2.05, 4.69) is 15.9 Å². The van der Waals surface area contributed by atoms with Crippen LogP contribution in [0.2, 0.25) is 0 Å². The van der Waals surface area contributed by atoms with Gasteiger partial charge in [0.2, 0.25) is 0 Å². The Morgan fingerprint density at radius 2 is 1.64 bits per heavy atom. The molecule has 0 radical (unpaired) electrons. The van der Waals surface area contributed by atoms with Crippen molar-refractivity contribution in [3.63, 3.8) is 0 Å². The van der Waals surface area contributed by atoms with E-state index in [1.807, 2.05) is 61.5 Å². The molecule has 1 heterocycles. The Bertz CT molecular complexity index is 1130. The Labute approximate surface area is 153 Å². The first-order valence-corrected chi connectivity index (χ1v) is 8.75. The third kappa shape index (κ3) is 2.94. The van der Waals surface area contributed by atoms with Gasteiger partial charge in [-0.25, -0.2) is 4.79 Å². The first-order valence-electron chi connectivity index (χ1n) is 7.96. The van der Waals surface area contributed by atoms with Crippen LogP contribution in [0.1, 0.15) is 11.1 Å². The van der Waals surface area contributed by atoms with Crippen molar-refractivity contribution in [2.45, 2.75) is 13.5 Å². The number of hydrogen-bond acceptors (Lipinski definition) is 3. The highest BCUT2D eigenvalue weighted by atomic mass is 79.9. The average molecular weight is 395 g/mol. The molecule has 0 saturated carbocycles. The lowest BCUT2D eigenvalue weighted by Gasteiger charge is -2.12. The van der Waals surface area contributed by atoms with E-state index >= 15 is 0 Å². The molecule has 3 aromatic carbocycles. The number of halogens is 1. The number of aryl methyl sites for hydroxylation is 1. The van der Waals surface area contributed by atoms with Gasteiger partial charge in [0.15, 0.2) is 0 Å². The summed E-state index contributed by atoms with van der Waals surface area (Å²) < 4.78 is 12.6. The maximum absolute atomic E-state index is 12.3. The van der Waals surface area contributed by atoms with Gasteiger partial charge in [-0.15, -0.1) is 0 Å². The van der Waals surface area contributed by atoms with Crippen molar-refractivity contribution in [2.75, 3.05) is 0 Å². The predicted octanol–water partition coefficient (Wildman–Crippen LogP) is 5.60. The fourth-order valence-corrected chi connectivity index (χ4v) is 3.22. The normalized spacial score (nSPS) is 11.1. The summed E-state index contributed by atoms with van der Waals surface area (Å²) in [7, 11) is 0. The molecule has 0 saturated heterocycles. The lowest BCUT2D eigenvalue weighted by Crippen LogP contribution is -2.02. The molecular weight excluding hydrogens is 380 g/mol. The highest BCUT2D eigenvalue weighted by Crippen LogP contribution is 2.31.